The molecule has 0 fully saturated rings. The number of nitrogens with zero attached hydrogens (tertiary/aromatic N) is 1. The van der Waals surface area contributed by atoms with E-state index in [2.05, 4.69) is 5.32 Å². The molecular weight excluding hydrogens is 483 g/mol. The molecule has 3 aromatic rings. The minimum absolute atomic E-state index is 0.182. The standard InChI is InChI=1S/C24H22Cl2N2O4S/c1-16-13-19(33(30,31)28-12-4-6-17-5-2-3-7-22(17)28)9-11-23(16)32-15-24(29)27-21-10-8-18(25)14-20(21)26/h2-3,5,7-11,13-14H,4,6,12,15H2,1H3,(H,27,29). The highest BCUT2D eigenvalue weighted by atomic mass is 35.5. The second-order valence-corrected chi connectivity index (χ2v) is 10.4. The third kappa shape index (κ3) is 5.11. The third-order valence-electron chi connectivity index (χ3n) is 5.37. The maximum absolute atomic E-state index is 13.3. The Hall–Kier alpha value is -2.74. The second-order valence-electron chi connectivity index (χ2n) is 7.70. The number of sulfonamides is 1. The first-order valence-electron chi connectivity index (χ1n) is 10.3. The average molecular weight is 505 g/mol. The van der Waals surface area contributed by atoms with Crippen LogP contribution in [-0.2, 0) is 21.2 Å². The highest BCUT2D eigenvalue weighted by molar-refractivity contribution is 7.92. The number of halogens is 2. The van der Waals surface area contributed by atoms with Crippen molar-refractivity contribution >= 4 is 50.5 Å². The first-order chi connectivity index (χ1) is 15.8. The Kier molecular flexibility index (Phi) is 6.83. The maximum atomic E-state index is 13.3. The molecule has 0 spiro atoms. The smallest absolute Gasteiger partial charge is 0.264 e. The Morgan fingerprint density at radius 1 is 1.09 bits per heavy atom. The van der Waals surface area contributed by atoms with Gasteiger partial charge in [0.25, 0.3) is 15.9 Å². The fourth-order valence-electron chi connectivity index (χ4n) is 3.74. The quantitative estimate of drug-likeness (QED) is 0.483. The molecule has 0 radical (unpaired) electrons. The first-order valence-corrected chi connectivity index (χ1v) is 12.5. The van der Waals surface area contributed by atoms with Gasteiger partial charge in [-0.3, -0.25) is 9.10 Å². The molecule has 0 aliphatic carbocycles. The number of amides is 1. The molecule has 0 bridgehead atoms. The Morgan fingerprint density at radius 2 is 1.88 bits per heavy atom. The van der Waals surface area contributed by atoms with E-state index in [1.807, 2.05) is 24.3 Å². The number of fused-ring (bicyclic) bond motifs is 1. The summed E-state index contributed by atoms with van der Waals surface area (Å²) in [7, 11) is -3.72. The minimum Gasteiger partial charge on any atom is -0.483 e. The van der Waals surface area contributed by atoms with Crippen LogP contribution in [0.2, 0.25) is 10.0 Å². The molecule has 0 saturated heterocycles. The number of para-hydroxylation sites is 1. The van der Waals surface area contributed by atoms with Crippen LogP contribution >= 0.6 is 23.2 Å². The monoisotopic (exact) mass is 504 g/mol. The number of rotatable bonds is 6. The number of hydrogen-bond donors (Lipinski definition) is 1. The number of aryl methyl sites for hydroxylation is 2. The van der Waals surface area contributed by atoms with Crippen LogP contribution < -0.4 is 14.4 Å². The van der Waals surface area contributed by atoms with E-state index in [1.54, 1.807) is 31.2 Å². The van der Waals surface area contributed by atoms with Crippen LogP contribution in [0.1, 0.15) is 17.5 Å². The van der Waals surface area contributed by atoms with Gasteiger partial charge < -0.3 is 10.1 Å². The molecule has 1 N–H and O–H groups in total. The molecule has 9 heteroatoms. The molecule has 4 rings (SSSR count). The van der Waals surface area contributed by atoms with Gasteiger partial charge in [0.15, 0.2) is 6.61 Å². The summed E-state index contributed by atoms with van der Waals surface area (Å²) in [6.07, 6.45) is 1.63. The summed E-state index contributed by atoms with van der Waals surface area (Å²) >= 11 is 11.9. The van der Waals surface area contributed by atoms with Crippen molar-refractivity contribution < 1.29 is 17.9 Å². The van der Waals surface area contributed by atoms with Crippen LogP contribution in [0.25, 0.3) is 0 Å². The van der Waals surface area contributed by atoms with Crippen molar-refractivity contribution in [3.63, 3.8) is 0 Å². The Bertz CT molecular complexity index is 1310. The number of hydrogen-bond acceptors (Lipinski definition) is 4. The van der Waals surface area contributed by atoms with E-state index in [1.165, 1.54) is 16.4 Å². The molecule has 3 aromatic carbocycles. The van der Waals surface area contributed by atoms with E-state index >= 15 is 0 Å². The van der Waals surface area contributed by atoms with Crippen molar-refractivity contribution in [2.45, 2.75) is 24.7 Å². The van der Waals surface area contributed by atoms with Crippen molar-refractivity contribution in [1.29, 1.82) is 0 Å². The van der Waals surface area contributed by atoms with E-state index < -0.39 is 15.9 Å². The summed E-state index contributed by atoms with van der Waals surface area (Å²) in [6.45, 7) is 1.92. The average Bonchev–Trinajstić information content (AvgIpc) is 2.79. The predicted molar refractivity (Wildman–Crippen MR) is 131 cm³/mol. The van der Waals surface area contributed by atoms with Crippen molar-refractivity contribution in [2.24, 2.45) is 0 Å². The van der Waals surface area contributed by atoms with Gasteiger partial charge in [0.1, 0.15) is 5.75 Å². The normalized spacial score (nSPS) is 13.4. The van der Waals surface area contributed by atoms with Crippen LogP contribution in [0.3, 0.4) is 0 Å². The Labute approximate surface area is 203 Å². The predicted octanol–water partition coefficient (Wildman–Crippen LogP) is 5.46. The van der Waals surface area contributed by atoms with Gasteiger partial charge in [-0.05, 0) is 73.4 Å². The number of anilines is 2. The van der Waals surface area contributed by atoms with E-state index in [4.69, 9.17) is 27.9 Å². The van der Waals surface area contributed by atoms with Crippen LogP contribution in [0, 0.1) is 6.92 Å². The summed E-state index contributed by atoms with van der Waals surface area (Å²) < 4.78 is 33.8. The number of benzene rings is 3. The summed E-state index contributed by atoms with van der Waals surface area (Å²) in [5, 5.41) is 3.44. The molecule has 0 aromatic heterocycles. The van der Waals surface area contributed by atoms with Gasteiger partial charge >= 0.3 is 0 Å². The van der Waals surface area contributed by atoms with Crippen molar-refractivity contribution in [2.75, 3.05) is 22.8 Å². The van der Waals surface area contributed by atoms with Gasteiger partial charge in [-0.15, -0.1) is 0 Å². The first kappa shape index (κ1) is 23.4. The molecule has 0 atom stereocenters. The van der Waals surface area contributed by atoms with Gasteiger partial charge in [-0.1, -0.05) is 41.4 Å². The lowest BCUT2D eigenvalue weighted by Crippen LogP contribution is -2.35. The van der Waals surface area contributed by atoms with Gasteiger partial charge in [0, 0.05) is 11.6 Å². The van der Waals surface area contributed by atoms with E-state index in [-0.39, 0.29) is 11.5 Å². The molecular formula is C24H22Cl2N2O4S. The lowest BCUT2D eigenvalue weighted by Gasteiger charge is -2.30. The summed E-state index contributed by atoms with van der Waals surface area (Å²) in [6, 6.07) is 17.0. The van der Waals surface area contributed by atoms with Gasteiger partial charge in [0.05, 0.1) is 21.3 Å². The van der Waals surface area contributed by atoms with Crippen molar-refractivity contribution in [3.05, 3.63) is 81.8 Å². The SMILES string of the molecule is Cc1cc(S(=O)(=O)N2CCCc3ccccc32)ccc1OCC(=O)Nc1ccc(Cl)cc1Cl. The number of ether oxygens (including phenoxy) is 1. The summed E-state index contributed by atoms with van der Waals surface area (Å²) in [4.78, 5) is 12.4. The zero-order valence-electron chi connectivity index (χ0n) is 17.8. The molecule has 1 amide bonds. The summed E-state index contributed by atoms with van der Waals surface area (Å²) in [5.74, 6) is 0.0191. The molecule has 1 aliphatic rings. The number of carbonyl (C=O) groups excluding carboxylic acids is 1. The molecule has 0 saturated carbocycles. The zero-order chi connectivity index (χ0) is 23.6. The lowest BCUT2D eigenvalue weighted by atomic mass is 10.0. The zero-order valence-corrected chi connectivity index (χ0v) is 20.2. The van der Waals surface area contributed by atoms with Gasteiger partial charge in [-0.25, -0.2) is 8.42 Å². The number of nitrogens with one attached hydrogen (secondary N) is 1. The summed E-state index contributed by atoms with van der Waals surface area (Å²) in [5.41, 5.74) is 2.78. The van der Waals surface area contributed by atoms with Gasteiger partial charge in [0.2, 0.25) is 0 Å². The molecule has 33 heavy (non-hydrogen) atoms. The van der Waals surface area contributed by atoms with Crippen molar-refractivity contribution in [3.8, 4) is 5.75 Å². The molecule has 1 heterocycles. The minimum atomic E-state index is -3.72. The topological polar surface area (TPSA) is 75.7 Å². The maximum Gasteiger partial charge on any atom is 0.264 e. The molecule has 1 aliphatic heterocycles. The van der Waals surface area contributed by atoms with Crippen LogP contribution in [0.15, 0.2) is 65.6 Å². The third-order valence-corrected chi connectivity index (χ3v) is 7.72. The van der Waals surface area contributed by atoms with E-state index in [0.29, 0.717) is 33.6 Å². The van der Waals surface area contributed by atoms with Gasteiger partial charge in [-0.2, -0.15) is 0 Å². The highest BCUT2D eigenvalue weighted by Crippen LogP contribution is 2.33. The lowest BCUT2D eigenvalue weighted by molar-refractivity contribution is -0.118. The fraction of sp³-hybridized carbons (Fsp3) is 0.208. The highest BCUT2D eigenvalue weighted by Gasteiger charge is 2.29. The molecule has 0 unspecified atom stereocenters. The Morgan fingerprint density at radius 3 is 2.64 bits per heavy atom. The Balaban J connectivity index is 1.46. The van der Waals surface area contributed by atoms with Crippen LogP contribution in [0.4, 0.5) is 11.4 Å². The molecule has 6 nitrogen and oxygen atoms in total. The largest absolute Gasteiger partial charge is 0.483 e. The van der Waals surface area contributed by atoms with E-state index in [0.717, 1.165) is 24.1 Å². The van der Waals surface area contributed by atoms with Crippen LogP contribution in [-0.4, -0.2) is 27.5 Å². The fourth-order valence-corrected chi connectivity index (χ4v) is 5.82. The second kappa shape index (κ2) is 9.63. The van der Waals surface area contributed by atoms with E-state index in [9.17, 15) is 13.2 Å². The van der Waals surface area contributed by atoms with Crippen molar-refractivity contribution in [1.82, 2.24) is 0 Å². The van der Waals surface area contributed by atoms with Crippen LogP contribution in [0.5, 0.6) is 5.75 Å². The molecule has 172 valence electrons. The number of carbonyl (C=O) groups is 1.